The zero-order chi connectivity index (χ0) is 14.0. The number of hydrogen-bond acceptors (Lipinski definition) is 2. The lowest BCUT2D eigenvalue weighted by Gasteiger charge is -2.35. The van der Waals surface area contributed by atoms with Crippen LogP contribution >= 0.6 is 34.8 Å². The first kappa shape index (κ1) is 15.2. The van der Waals surface area contributed by atoms with E-state index in [1.165, 1.54) is 32.1 Å². The van der Waals surface area contributed by atoms with Crippen molar-refractivity contribution >= 4 is 40.6 Å². The Morgan fingerprint density at radius 2 is 1.79 bits per heavy atom. The monoisotopic (exact) mass is 320 g/mol. The average Bonchev–Trinajstić information content (AvgIpc) is 2.42. The van der Waals surface area contributed by atoms with Gasteiger partial charge in [-0.15, -0.1) is 0 Å². The second-order valence-electron chi connectivity index (χ2n) is 5.26. The molecule has 5 heteroatoms. The van der Waals surface area contributed by atoms with Crippen LogP contribution in [0.15, 0.2) is 6.07 Å². The highest BCUT2D eigenvalue weighted by molar-refractivity contribution is 6.42. The first-order valence-corrected chi connectivity index (χ1v) is 7.90. The van der Waals surface area contributed by atoms with Gasteiger partial charge in [0.15, 0.2) is 0 Å². The summed E-state index contributed by atoms with van der Waals surface area (Å²) in [5.74, 6) is 1.61. The fourth-order valence-electron chi connectivity index (χ4n) is 2.80. The Morgan fingerprint density at radius 1 is 1.16 bits per heavy atom. The molecule has 19 heavy (non-hydrogen) atoms. The molecule has 0 N–H and O–H groups in total. The fourth-order valence-corrected chi connectivity index (χ4v) is 3.42. The van der Waals surface area contributed by atoms with Crippen molar-refractivity contribution in [1.82, 2.24) is 4.98 Å². The van der Waals surface area contributed by atoms with Gasteiger partial charge in [-0.3, -0.25) is 0 Å². The maximum atomic E-state index is 6.22. The van der Waals surface area contributed by atoms with E-state index in [1.54, 1.807) is 6.07 Å². The Hall–Kier alpha value is -0.180. The summed E-state index contributed by atoms with van der Waals surface area (Å²) >= 11 is 18.1. The normalized spacial score (nSPS) is 23.4. The Kier molecular flexibility index (Phi) is 5.22. The van der Waals surface area contributed by atoms with E-state index in [2.05, 4.69) is 16.8 Å². The van der Waals surface area contributed by atoms with Gasteiger partial charge in [0.1, 0.15) is 11.0 Å². The van der Waals surface area contributed by atoms with Gasteiger partial charge in [-0.25, -0.2) is 4.98 Å². The molecule has 106 valence electrons. The molecule has 0 bridgehead atoms. The van der Waals surface area contributed by atoms with E-state index in [0.717, 1.165) is 11.7 Å². The maximum absolute atomic E-state index is 6.22. The van der Waals surface area contributed by atoms with Gasteiger partial charge in [0.05, 0.1) is 10.0 Å². The molecule has 1 aliphatic carbocycles. The molecule has 0 spiro atoms. The van der Waals surface area contributed by atoms with E-state index < -0.39 is 0 Å². The van der Waals surface area contributed by atoms with Crippen LogP contribution in [-0.2, 0) is 0 Å². The quantitative estimate of drug-likeness (QED) is 0.688. The molecule has 2 rings (SSSR count). The lowest BCUT2D eigenvalue weighted by Crippen LogP contribution is -2.35. The third-order valence-electron chi connectivity index (χ3n) is 4.14. The number of nitrogens with zero attached hydrogens (tertiary/aromatic N) is 2. The Labute approximate surface area is 130 Å². The van der Waals surface area contributed by atoms with E-state index in [0.29, 0.717) is 21.2 Å². The van der Waals surface area contributed by atoms with Crippen LogP contribution < -0.4 is 4.90 Å². The van der Waals surface area contributed by atoms with Gasteiger partial charge in [-0.1, -0.05) is 48.1 Å². The summed E-state index contributed by atoms with van der Waals surface area (Å²) in [5.41, 5.74) is 0. The van der Waals surface area contributed by atoms with Gasteiger partial charge in [0.25, 0.3) is 0 Å². The molecule has 0 amide bonds. The lowest BCUT2D eigenvalue weighted by atomic mass is 9.84. The van der Waals surface area contributed by atoms with Crippen LogP contribution in [0.5, 0.6) is 0 Å². The SMILES string of the molecule is CCC1CCC(N(C)c2nc(Cl)c(Cl)cc2Cl)CC1. The number of rotatable bonds is 3. The smallest absolute Gasteiger partial charge is 0.150 e. The second-order valence-corrected chi connectivity index (χ2v) is 6.43. The standard InChI is InChI=1S/C14H19Cl3N2/c1-3-9-4-6-10(7-5-9)19(2)14-12(16)8-11(15)13(17)18-14/h8-10H,3-7H2,1-2H3. The molecule has 1 aromatic rings. The summed E-state index contributed by atoms with van der Waals surface area (Å²) in [5, 5.41) is 1.28. The highest BCUT2D eigenvalue weighted by Crippen LogP contribution is 2.35. The number of hydrogen-bond donors (Lipinski definition) is 0. The van der Waals surface area contributed by atoms with Crippen molar-refractivity contribution in [2.45, 2.75) is 45.1 Å². The minimum atomic E-state index is 0.315. The van der Waals surface area contributed by atoms with Crippen LogP contribution in [-0.4, -0.2) is 18.1 Å². The molecule has 2 nitrogen and oxygen atoms in total. The molecule has 0 radical (unpaired) electrons. The van der Waals surface area contributed by atoms with Gasteiger partial charge in [-0.2, -0.15) is 0 Å². The van der Waals surface area contributed by atoms with Crippen molar-refractivity contribution in [2.75, 3.05) is 11.9 Å². The second kappa shape index (κ2) is 6.51. The molecular formula is C14H19Cl3N2. The predicted molar refractivity (Wildman–Crippen MR) is 83.7 cm³/mol. The van der Waals surface area contributed by atoms with E-state index in [4.69, 9.17) is 34.8 Å². The van der Waals surface area contributed by atoms with Crippen LogP contribution in [0.2, 0.25) is 15.2 Å². The highest BCUT2D eigenvalue weighted by Gasteiger charge is 2.25. The average molecular weight is 322 g/mol. The van der Waals surface area contributed by atoms with Gasteiger partial charge in [-0.05, 0) is 37.7 Å². The Bertz CT molecular complexity index is 443. The Balaban J connectivity index is 2.12. The van der Waals surface area contributed by atoms with Crippen LogP contribution in [0.1, 0.15) is 39.0 Å². The topological polar surface area (TPSA) is 16.1 Å². The van der Waals surface area contributed by atoms with Crippen molar-refractivity contribution in [3.8, 4) is 0 Å². The minimum absolute atomic E-state index is 0.315. The van der Waals surface area contributed by atoms with Crippen LogP contribution in [0.3, 0.4) is 0 Å². The molecule has 1 aromatic heterocycles. The van der Waals surface area contributed by atoms with Crippen molar-refractivity contribution in [1.29, 1.82) is 0 Å². The van der Waals surface area contributed by atoms with E-state index >= 15 is 0 Å². The summed E-state index contributed by atoms with van der Waals surface area (Å²) < 4.78 is 0. The first-order valence-electron chi connectivity index (χ1n) is 6.77. The van der Waals surface area contributed by atoms with Crippen LogP contribution in [0, 0.1) is 5.92 Å². The predicted octanol–water partition coefficient (Wildman–Crippen LogP) is 5.45. The third-order valence-corrected chi connectivity index (χ3v) is 5.09. The largest absolute Gasteiger partial charge is 0.355 e. The summed E-state index contributed by atoms with van der Waals surface area (Å²) in [7, 11) is 2.04. The zero-order valence-corrected chi connectivity index (χ0v) is 13.6. The molecule has 0 saturated heterocycles. The fraction of sp³-hybridized carbons (Fsp3) is 0.643. The zero-order valence-electron chi connectivity index (χ0n) is 11.3. The maximum Gasteiger partial charge on any atom is 0.150 e. The van der Waals surface area contributed by atoms with Gasteiger partial charge in [0, 0.05) is 13.1 Å². The highest BCUT2D eigenvalue weighted by atomic mass is 35.5. The van der Waals surface area contributed by atoms with E-state index in [1.807, 2.05) is 7.05 Å². The number of anilines is 1. The van der Waals surface area contributed by atoms with Crippen molar-refractivity contribution in [3.05, 3.63) is 21.3 Å². The minimum Gasteiger partial charge on any atom is -0.355 e. The summed E-state index contributed by atoms with van der Waals surface area (Å²) in [6.45, 7) is 2.27. The first-order chi connectivity index (χ1) is 9.02. The van der Waals surface area contributed by atoms with Crippen molar-refractivity contribution in [2.24, 2.45) is 5.92 Å². The molecule has 0 atom stereocenters. The summed E-state index contributed by atoms with van der Waals surface area (Å²) in [6.07, 6.45) is 6.22. The molecule has 1 heterocycles. The molecule has 0 aromatic carbocycles. The molecule has 0 unspecified atom stereocenters. The molecular weight excluding hydrogens is 303 g/mol. The van der Waals surface area contributed by atoms with Gasteiger partial charge in [0.2, 0.25) is 0 Å². The van der Waals surface area contributed by atoms with Gasteiger partial charge >= 0.3 is 0 Å². The lowest BCUT2D eigenvalue weighted by molar-refractivity contribution is 0.313. The number of pyridine rings is 1. The van der Waals surface area contributed by atoms with Gasteiger partial charge < -0.3 is 4.90 Å². The molecule has 0 aliphatic heterocycles. The molecule has 1 aliphatic rings. The molecule has 1 saturated carbocycles. The third kappa shape index (κ3) is 3.48. The van der Waals surface area contributed by atoms with Crippen molar-refractivity contribution < 1.29 is 0 Å². The van der Waals surface area contributed by atoms with Crippen LogP contribution in [0.25, 0.3) is 0 Å². The molecule has 1 fully saturated rings. The number of halogens is 3. The number of aromatic nitrogens is 1. The van der Waals surface area contributed by atoms with E-state index in [9.17, 15) is 0 Å². The summed E-state index contributed by atoms with van der Waals surface area (Å²) in [4.78, 5) is 6.46. The Morgan fingerprint density at radius 3 is 2.37 bits per heavy atom. The van der Waals surface area contributed by atoms with Crippen molar-refractivity contribution in [3.63, 3.8) is 0 Å². The summed E-state index contributed by atoms with van der Waals surface area (Å²) in [6, 6.07) is 2.16. The van der Waals surface area contributed by atoms with Crippen LogP contribution in [0.4, 0.5) is 5.82 Å². The van der Waals surface area contributed by atoms with E-state index in [-0.39, 0.29) is 0 Å².